The highest BCUT2D eigenvalue weighted by molar-refractivity contribution is 7.89. The van der Waals surface area contributed by atoms with Gasteiger partial charge in [0.15, 0.2) is 0 Å². The van der Waals surface area contributed by atoms with E-state index in [2.05, 4.69) is 10.6 Å². The topological polar surface area (TPSA) is 147 Å². The number of fused-ring (bicyclic) bond motifs is 1. The van der Waals surface area contributed by atoms with Crippen molar-refractivity contribution in [1.82, 2.24) is 9.21 Å². The van der Waals surface area contributed by atoms with Gasteiger partial charge in [0.05, 0.1) is 42.4 Å². The van der Waals surface area contributed by atoms with Crippen molar-refractivity contribution in [3.05, 3.63) is 78.1 Å². The number of aliphatic hydroxyl groups is 1. The van der Waals surface area contributed by atoms with Gasteiger partial charge in [-0.3, -0.25) is 4.79 Å². The van der Waals surface area contributed by atoms with Crippen LogP contribution >= 0.6 is 0 Å². The Morgan fingerprint density at radius 3 is 2.38 bits per heavy atom. The number of ether oxygens (including phenoxy) is 3. The number of rotatable bonds is 9. The average molecular weight is 715 g/mol. The molecule has 0 aromatic heterocycles. The number of methoxy groups -OCH3 is 1. The number of carbonyl (C=O) groups excluding carboxylic acids is 2. The van der Waals surface area contributed by atoms with E-state index in [0.29, 0.717) is 42.3 Å². The molecule has 3 N–H and O–H groups in total. The first-order valence-corrected chi connectivity index (χ1v) is 18.0. The van der Waals surface area contributed by atoms with Crippen LogP contribution in [0.1, 0.15) is 50.4 Å². The summed E-state index contributed by atoms with van der Waals surface area (Å²) < 4.78 is 59.1. The number of nitrogens with zero attached hydrogens (tertiary/aromatic N) is 2. The number of carbonyl (C=O) groups is 2. The van der Waals surface area contributed by atoms with Gasteiger partial charge in [0.2, 0.25) is 10.0 Å². The second-order valence-corrected chi connectivity index (χ2v) is 14.6. The van der Waals surface area contributed by atoms with Crippen molar-refractivity contribution in [3.63, 3.8) is 0 Å². The molecule has 0 saturated carbocycles. The molecule has 4 atom stereocenters. The van der Waals surface area contributed by atoms with Crippen LogP contribution in [0.2, 0.25) is 0 Å². The molecular weight excluding hydrogens is 667 g/mol. The molecule has 0 bridgehead atoms. The predicted molar refractivity (Wildman–Crippen MR) is 189 cm³/mol. The van der Waals surface area contributed by atoms with Crippen molar-refractivity contribution in [2.45, 2.75) is 63.2 Å². The maximum Gasteiger partial charge on any atom is 0.323 e. The minimum atomic E-state index is -3.97. The minimum Gasteiger partial charge on any atom is -0.497 e. The minimum absolute atomic E-state index is 0.0239. The molecular formula is C36H47FN4O8S. The van der Waals surface area contributed by atoms with E-state index in [4.69, 9.17) is 14.2 Å². The van der Waals surface area contributed by atoms with E-state index in [1.807, 2.05) is 13.8 Å². The highest BCUT2D eigenvalue weighted by atomic mass is 32.2. The fourth-order valence-electron chi connectivity index (χ4n) is 5.57. The van der Waals surface area contributed by atoms with Crippen LogP contribution in [0.5, 0.6) is 11.5 Å². The van der Waals surface area contributed by atoms with Crippen LogP contribution < -0.4 is 20.1 Å². The average Bonchev–Trinajstić information content (AvgIpc) is 3.09. The van der Waals surface area contributed by atoms with Crippen molar-refractivity contribution in [2.24, 2.45) is 5.92 Å². The normalized spacial score (nSPS) is 19.9. The Morgan fingerprint density at radius 1 is 1.06 bits per heavy atom. The number of likely N-dealkylation sites (N-methyl/N-ethyl adjacent to an activating group) is 1. The quantitative estimate of drug-likeness (QED) is 0.260. The van der Waals surface area contributed by atoms with Crippen LogP contribution in [0, 0.1) is 11.7 Å². The predicted octanol–water partition coefficient (Wildman–Crippen LogP) is 5.59. The standard InChI is InChI=1S/C36H47FN4O8S/c1-24-21-41(25(2)23-42)35(43)32-20-29(39-36(44)38-28-11-14-30(47-5)15-12-28)13-18-33(32)49-26(3)8-6-7-19-48-34(24)22-40(4)50(45,46)31-16-9-27(37)10-17-31/h9-18,20,24-26,34,42H,6-8,19,21-23H2,1-5H3,(H2,38,39,44)/t24-,25+,26+,34-/m0/s1. The summed E-state index contributed by atoms with van der Waals surface area (Å²) in [6.07, 6.45) is 1.24. The van der Waals surface area contributed by atoms with E-state index < -0.39 is 39.9 Å². The van der Waals surface area contributed by atoms with Gasteiger partial charge < -0.3 is 34.9 Å². The number of urea groups is 1. The largest absolute Gasteiger partial charge is 0.497 e. The summed E-state index contributed by atoms with van der Waals surface area (Å²) >= 11 is 0. The molecule has 0 spiro atoms. The number of benzene rings is 3. The molecule has 0 radical (unpaired) electrons. The van der Waals surface area contributed by atoms with Gasteiger partial charge in [-0.15, -0.1) is 0 Å². The lowest BCUT2D eigenvalue weighted by molar-refractivity contribution is -0.00834. The summed E-state index contributed by atoms with van der Waals surface area (Å²) in [5.41, 5.74) is 1.08. The highest BCUT2D eigenvalue weighted by Crippen LogP contribution is 2.29. The van der Waals surface area contributed by atoms with E-state index in [-0.39, 0.29) is 42.2 Å². The molecule has 50 heavy (non-hydrogen) atoms. The fourth-order valence-corrected chi connectivity index (χ4v) is 6.75. The Balaban J connectivity index is 1.61. The third-order valence-electron chi connectivity index (χ3n) is 8.62. The molecule has 3 aromatic carbocycles. The highest BCUT2D eigenvalue weighted by Gasteiger charge is 2.32. The molecule has 1 heterocycles. The van der Waals surface area contributed by atoms with Crippen LogP contribution in [0.3, 0.4) is 0 Å². The Morgan fingerprint density at radius 2 is 1.72 bits per heavy atom. The number of hydrogen-bond acceptors (Lipinski definition) is 8. The first kappa shape index (κ1) is 38.6. The van der Waals surface area contributed by atoms with Crippen molar-refractivity contribution in [3.8, 4) is 11.5 Å². The first-order valence-electron chi connectivity index (χ1n) is 16.6. The molecule has 1 aliphatic heterocycles. The van der Waals surface area contributed by atoms with Gasteiger partial charge in [-0.25, -0.2) is 17.6 Å². The summed E-state index contributed by atoms with van der Waals surface area (Å²) in [4.78, 5) is 28.7. The maximum atomic E-state index is 14.4. The summed E-state index contributed by atoms with van der Waals surface area (Å²) in [5.74, 6) is -0.393. The summed E-state index contributed by atoms with van der Waals surface area (Å²) in [5, 5.41) is 15.7. The van der Waals surface area contributed by atoms with E-state index in [1.165, 1.54) is 28.4 Å². The first-order chi connectivity index (χ1) is 23.8. The zero-order valence-corrected chi connectivity index (χ0v) is 29.9. The Kier molecular flexibility index (Phi) is 13.6. The van der Waals surface area contributed by atoms with Crippen molar-refractivity contribution in [1.29, 1.82) is 0 Å². The third kappa shape index (κ3) is 10.2. The molecule has 4 rings (SSSR count). The Hall–Kier alpha value is -4.24. The molecule has 0 saturated heterocycles. The van der Waals surface area contributed by atoms with E-state index in [1.54, 1.807) is 56.5 Å². The van der Waals surface area contributed by atoms with Crippen molar-refractivity contribution < 1.29 is 41.7 Å². The van der Waals surface area contributed by atoms with Crippen molar-refractivity contribution in [2.75, 3.05) is 51.1 Å². The smallest absolute Gasteiger partial charge is 0.323 e. The Bertz CT molecular complexity index is 1690. The van der Waals surface area contributed by atoms with Crippen LogP contribution in [0.4, 0.5) is 20.6 Å². The molecule has 0 unspecified atom stereocenters. The molecule has 272 valence electrons. The van der Waals surface area contributed by atoms with Gasteiger partial charge in [0.1, 0.15) is 17.3 Å². The van der Waals surface area contributed by atoms with E-state index in [0.717, 1.165) is 18.6 Å². The molecule has 3 amide bonds. The van der Waals surface area contributed by atoms with Gasteiger partial charge in [0.25, 0.3) is 5.91 Å². The summed E-state index contributed by atoms with van der Waals surface area (Å²) in [6.45, 7) is 5.59. The molecule has 12 nitrogen and oxygen atoms in total. The molecule has 1 aliphatic rings. The number of nitrogens with one attached hydrogen (secondary N) is 2. The second kappa shape index (κ2) is 17.6. The number of halogens is 1. The number of sulfonamides is 1. The lowest BCUT2D eigenvalue weighted by Gasteiger charge is -2.35. The summed E-state index contributed by atoms with van der Waals surface area (Å²) in [7, 11) is -0.976. The monoisotopic (exact) mass is 714 g/mol. The van der Waals surface area contributed by atoms with Gasteiger partial charge in [-0.2, -0.15) is 4.31 Å². The molecule has 0 fully saturated rings. The van der Waals surface area contributed by atoms with Gasteiger partial charge in [-0.1, -0.05) is 6.92 Å². The fraction of sp³-hybridized carbons (Fsp3) is 0.444. The van der Waals surface area contributed by atoms with Crippen molar-refractivity contribution >= 4 is 33.3 Å². The zero-order valence-electron chi connectivity index (χ0n) is 29.1. The van der Waals surface area contributed by atoms with Crippen LogP contribution in [-0.4, -0.2) is 93.4 Å². The Labute approximate surface area is 293 Å². The van der Waals surface area contributed by atoms with E-state index in [9.17, 15) is 27.5 Å². The number of amides is 3. The lowest BCUT2D eigenvalue weighted by Crippen LogP contribution is -2.48. The molecule has 3 aromatic rings. The van der Waals surface area contributed by atoms with E-state index >= 15 is 0 Å². The van der Waals surface area contributed by atoms with Crippen LogP contribution in [0.15, 0.2) is 71.6 Å². The van der Waals surface area contributed by atoms with Gasteiger partial charge >= 0.3 is 6.03 Å². The SMILES string of the molecule is COc1ccc(NC(=O)Nc2ccc3c(c2)C(=O)N([C@H](C)CO)C[C@H](C)[C@H](CN(C)S(=O)(=O)c2ccc(F)cc2)OCCCC[C@@H](C)O3)cc1. The van der Waals surface area contributed by atoms with Gasteiger partial charge in [-0.05, 0) is 99.8 Å². The molecule has 0 aliphatic carbocycles. The second-order valence-electron chi connectivity index (χ2n) is 12.6. The summed E-state index contributed by atoms with van der Waals surface area (Å²) in [6, 6.07) is 15.1. The number of aliphatic hydroxyl groups excluding tert-OH is 1. The van der Waals surface area contributed by atoms with Gasteiger partial charge in [0, 0.05) is 44.0 Å². The third-order valence-corrected chi connectivity index (χ3v) is 10.5. The van der Waals surface area contributed by atoms with Crippen LogP contribution in [0.25, 0.3) is 0 Å². The lowest BCUT2D eigenvalue weighted by atomic mass is 10.0. The number of hydrogen-bond donors (Lipinski definition) is 3. The number of anilines is 2. The zero-order chi connectivity index (χ0) is 36.4. The van der Waals surface area contributed by atoms with Crippen LogP contribution in [-0.2, 0) is 14.8 Å². The maximum absolute atomic E-state index is 14.4. The molecule has 14 heteroatoms.